The van der Waals surface area contributed by atoms with E-state index in [0.717, 1.165) is 31.5 Å². The molecule has 0 bridgehead atoms. The zero-order valence-electron chi connectivity index (χ0n) is 9.52. The van der Waals surface area contributed by atoms with Crippen molar-refractivity contribution >= 4 is 11.6 Å². The summed E-state index contributed by atoms with van der Waals surface area (Å²) in [7, 11) is 0. The number of nitrogens with one attached hydrogen (secondary N) is 1. The Morgan fingerprint density at radius 3 is 2.75 bits per heavy atom. The lowest BCUT2D eigenvalue weighted by Crippen LogP contribution is -2.44. The Balaban J connectivity index is 2.29. The summed E-state index contributed by atoms with van der Waals surface area (Å²) < 4.78 is 14.0. The van der Waals surface area contributed by atoms with Gasteiger partial charge in [-0.05, 0) is 31.0 Å². The molecule has 1 aromatic carbocycles. The molecule has 1 nitrogen and oxygen atoms in total. The van der Waals surface area contributed by atoms with Crippen LogP contribution in [0.5, 0.6) is 0 Å². The highest BCUT2D eigenvalue weighted by Crippen LogP contribution is 2.45. The van der Waals surface area contributed by atoms with E-state index in [1.807, 2.05) is 12.1 Å². The minimum Gasteiger partial charge on any atom is -0.316 e. The number of benzene rings is 1. The van der Waals surface area contributed by atoms with Gasteiger partial charge in [-0.2, -0.15) is 0 Å². The molecule has 2 rings (SSSR count). The van der Waals surface area contributed by atoms with Crippen LogP contribution in [-0.2, 0) is 5.41 Å². The minimum atomic E-state index is -0.234. The molecule has 0 radical (unpaired) electrons. The van der Waals surface area contributed by atoms with E-state index >= 15 is 0 Å². The molecule has 1 aliphatic carbocycles. The van der Waals surface area contributed by atoms with Crippen molar-refractivity contribution in [2.75, 3.05) is 13.1 Å². The van der Waals surface area contributed by atoms with E-state index in [-0.39, 0.29) is 16.3 Å². The lowest BCUT2D eigenvalue weighted by molar-refractivity contribution is 0.228. The van der Waals surface area contributed by atoms with Gasteiger partial charge in [-0.1, -0.05) is 37.1 Å². The number of likely N-dealkylation sites (N-methyl/N-ethyl adjacent to an activating group) is 1. The molecule has 16 heavy (non-hydrogen) atoms. The molecule has 0 unspecified atom stereocenters. The van der Waals surface area contributed by atoms with Crippen LogP contribution in [0.15, 0.2) is 18.2 Å². The van der Waals surface area contributed by atoms with Gasteiger partial charge >= 0.3 is 0 Å². The highest BCUT2D eigenvalue weighted by molar-refractivity contribution is 6.30. The van der Waals surface area contributed by atoms with Gasteiger partial charge in [-0.25, -0.2) is 4.39 Å². The van der Waals surface area contributed by atoms with E-state index in [4.69, 9.17) is 11.6 Å². The molecule has 1 aliphatic rings. The summed E-state index contributed by atoms with van der Waals surface area (Å²) in [5, 5.41) is 3.56. The summed E-state index contributed by atoms with van der Waals surface area (Å²) in [6.45, 7) is 3.84. The Morgan fingerprint density at radius 1 is 1.44 bits per heavy atom. The highest BCUT2D eigenvalue weighted by Gasteiger charge is 2.40. The third kappa shape index (κ3) is 1.96. The maximum absolute atomic E-state index is 14.0. The fourth-order valence-corrected chi connectivity index (χ4v) is 2.60. The van der Waals surface area contributed by atoms with Gasteiger partial charge in [-0.3, -0.25) is 0 Å². The summed E-state index contributed by atoms with van der Waals surface area (Å²) >= 11 is 5.84. The normalized spacial score (nSPS) is 18.2. The van der Waals surface area contributed by atoms with E-state index in [0.29, 0.717) is 0 Å². The molecule has 88 valence electrons. The maximum atomic E-state index is 14.0. The van der Waals surface area contributed by atoms with Crippen molar-refractivity contribution in [3.05, 3.63) is 34.6 Å². The molecule has 0 atom stereocenters. The van der Waals surface area contributed by atoms with Crippen LogP contribution in [0.2, 0.25) is 5.02 Å². The summed E-state index contributed by atoms with van der Waals surface area (Å²) in [5.74, 6) is -0.234. The number of hydrogen-bond donors (Lipinski definition) is 1. The van der Waals surface area contributed by atoms with Crippen LogP contribution in [0.25, 0.3) is 0 Å². The van der Waals surface area contributed by atoms with E-state index in [2.05, 4.69) is 12.2 Å². The molecule has 0 amide bonds. The average molecular weight is 242 g/mol. The first kappa shape index (κ1) is 11.9. The second kappa shape index (κ2) is 4.72. The molecule has 0 saturated heterocycles. The van der Waals surface area contributed by atoms with Crippen molar-refractivity contribution in [3.63, 3.8) is 0 Å². The van der Waals surface area contributed by atoms with Crippen LogP contribution >= 0.6 is 11.6 Å². The van der Waals surface area contributed by atoms with Gasteiger partial charge in [0.25, 0.3) is 0 Å². The van der Waals surface area contributed by atoms with Gasteiger partial charge in [0, 0.05) is 12.0 Å². The van der Waals surface area contributed by atoms with Crippen LogP contribution in [0.3, 0.4) is 0 Å². The van der Waals surface area contributed by atoms with Crippen molar-refractivity contribution in [1.29, 1.82) is 0 Å². The molecule has 0 aliphatic heterocycles. The van der Waals surface area contributed by atoms with Crippen LogP contribution in [0.1, 0.15) is 31.7 Å². The summed E-state index contributed by atoms with van der Waals surface area (Å²) in [4.78, 5) is 0. The Labute approximate surface area is 101 Å². The smallest absolute Gasteiger partial charge is 0.145 e. The summed E-state index contributed by atoms with van der Waals surface area (Å²) in [6, 6.07) is 5.32. The fraction of sp³-hybridized carbons (Fsp3) is 0.538. The van der Waals surface area contributed by atoms with E-state index in [1.165, 1.54) is 6.42 Å². The average Bonchev–Trinajstić information content (AvgIpc) is 2.22. The van der Waals surface area contributed by atoms with Gasteiger partial charge in [0.15, 0.2) is 0 Å². The lowest BCUT2D eigenvalue weighted by atomic mass is 9.64. The van der Waals surface area contributed by atoms with E-state index in [9.17, 15) is 4.39 Å². The molecular weight excluding hydrogens is 225 g/mol. The van der Waals surface area contributed by atoms with Crippen molar-refractivity contribution in [2.45, 2.75) is 31.6 Å². The maximum Gasteiger partial charge on any atom is 0.145 e. The predicted molar refractivity (Wildman–Crippen MR) is 65.5 cm³/mol. The fourth-order valence-electron chi connectivity index (χ4n) is 2.42. The Kier molecular flexibility index (Phi) is 3.50. The van der Waals surface area contributed by atoms with Gasteiger partial charge in [0.05, 0.1) is 5.02 Å². The van der Waals surface area contributed by atoms with Crippen LogP contribution in [0, 0.1) is 5.82 Å². The van der Waals surface area contributed by atoms with Gasteiger partial charge < -0.3 is 5.32 Å². The molecule has 0 spiro atoms. The quantitative estimate of drug-likeness (QED) is 0.851. The van der Waals surface area contributed by atoms with Crippen molar-refractivity contribution in [3.8, 4) is 0 Å². The predicted octanol–water partition coefficient (Wildman–Crippen LogP) is 3.51. The molecule has 1 fully saturated rings. The Morgan fingerprint density at radius 2 is 2.19 bits per heavy atom. The zero-order valence-corrected chi connectivity index (χ0v) is 10.3. The first-order chi connectivity index (χ1) is 7.69. The zero-order chi connectivity index (χ0) is 11.6. The van der Waals surface area contributed by atoms with E-state index in [1.54, 1.807) is 6.07 Å². The van der Waals surface area contributed by atoms with Gasteiger partial charge in [0.2, 0.25) is 0 Å². The standard InChI is InChI=1S/C13H17ClFN/c1-2-16-9-13(7-4-8-13)10-5-3-6-11(14)12(10)15/h3,5-6,16H,2,4,7-9H2,1H3. The minimum absolute atomic E-state index is 0.0228. The SMILES string of the molecule is CCNCC1(c2cccc(Cl)c2F)CCC1. The summed E-state index contributed by atoms with van der Waals surface area (Å²) in [5.41, 5.74) is 0.762. The first-order valence-electron chi connectivity index (χ1n) is 5.85. The molecule has 0 heterocycles. The van der Waals surface area contributed by atoms with E-state index < -0.39 is 0 Å². The van der Waals surface area contributed by atoms with Crippen LogP contribution < -0.4 is 5.32 Å². The molecule has 1 N–H and O–H groups in total. The third-order valence-electron chi connectivity index (χ3n) is 3.55. The molecular formula is C13H17ClFN. The molecule has 3 heteroatoms. The Bertz CT molecular complexity index is 374. The largest absolute Gasteiger partial charge is 0.316 e. The first-order valence-corrected chi connectivity index (χ1v) is 6.22. The molecule has 1 saturated carbocycles. The van der Waals surface area contributed by atoms with Crippen molar-refractivity contribution < 1.29 is 4.39 Å². The topological polar surface area (TPSA) is 12.0 Å². The van der Waals surface area contributed by atoms with Gasteiger partial charge in [-0.15, -0.1) is 0 Å². The molecule has 0 aromatic heterocycles. The molecule has 1 aromatic rings. The van der Waals surface area contributed by atoms with Crippen LogP contribution in [0.4, 0.5) is 4.39 Å². The summed E-state index contributed by atoms with van der Waals surface area (Å²) in [6.07, 6.45) is 3.28. The highest BCUT2D eigenvalue weighted by atomic mass is 35.5. The monoisotopic (exact) mass is 241 g/mol. The number of halogens is 2. The second-order valence-corrected chi connectivity index (χ2v) is 4.92. The lowest BCUT2D eigenvalue weighted by Gasteiger charge is -2.43. The van der Waals surface area contributed by atoms with Crippen molar-refractivity contribution in [2.24, 2.45) is 0 Å². The number of hydrogen-bond acceptors (Lipinski definition) is 1. The number of rotatable bonds is 4. The van der Waals surface area contributed by atoms with Crippen LogP contribution in [-0.4, -0.2) is 13.1 Å². The Hall–Kier alpha value is -0.600. The second-order valence-electron chi connectivity index (χ2n) is 4.52. The third-order valence-corrected chi connectivity index (χ3v) is 3.84. The van der Waals surface area contributed by atoms with Crippen molar-refractivity contribution in [1.82, 2.24) is 5.32 Å². The van der Waals surface area contributed by atoms with Gasteiger partial charge in [0.1, 0.15) is 5.82 Å².